The van der Waals surface area contributed by atoms with Crippen LogP contribution in [0.5, 0.6) is 0 Å². The summed E-state index contributed by atoms with van der Waals surface area (Å²) in [6.07, 6.45) is 3.19. The molecule has 0 bridgehead atoms. The van der Waals surface area contributed by atoms with Crippen LogP contribution in [0, 0.1) is 11.3 Å². The molecule has 1 unspecified atom stereocenters. The summed E-state index contributed by atoms with van der Waals surface area (Å²) in [4.78, 5) is 14.2. The Labute approximate surface area is 82.4 Å². The predicted octanol–water partition coefficient (Wildman–Crippen LogP) is 1.69. The molecule has 1 atom stereocenters. The summed E-state index contributed by atoms with van der Waals surface area (Å²) in [6, 6.07) is 3.67. The van der Waals surface area contributed by atoms with E-state index in [1.807, 2.05) is 6.07 Å². The van der Waals surface area contributed by atoms with Crippen molar-refractivity contribution in [3.63, 3.8) is 0 Å². The van der Waals surface area contributed by atoms with Gasteiger partial charge in [0.2, 0.25) is 0 Å². The van der Waals surface area contributed by atoms with E-state index in [1.54, 1.807) is 6.07 Å². The molecule has 3 heteroatoms. The van der Waals surface area contributed by atoms with Gasteiger partial charge in [0.05, 0.1) is 0 Å². The Bertz CT molecular complexity index is 453. The lowest BCUT2D eigenvalue weighted by Gasteiger charge is -2.21. The van der Waals surface area contributed by atoms with Gasteiger partial charge in [0.1, 0.15) is 11.6 Å². The molecule has 0 radical (unpaired) electrons. The van der Waals surface area contributed by atoms with Gasteiger partial charge in [-0.1, -0.05) is 6.92 Å². The normalized spacial score (nSPS) is 19.9. The zero-order chi connectivity index (χ0) is 10.1. The first kappa shape index (κ1) is 9.01. The van der Waals surface area contributed by atoms with Crippen molar-refractivity contribution in [2.24, 2.45) is 0 Å². The van der Waals surface area contributed by atoms with E-state index in [4.69, 9.17) is 5.26 Å². The number of hydrogen-bond acceptors (Lipinski definition) is 2. The lowest BCUT2D eigenvalue weighted by Crippen LogP contribution is -2.19. The van der Waals surface area contributed by atoms with Crippen molar-refractivity contribution in [2.75, 3.05) is 0 Å². The smallest absolute Gasteiger partial charge is 0.266 e. The van der Waals surface area contributed by atoms with E-state index >= 15 is 0 Å². The largest absolute Gasteiger partial charge is 0.325 e. The number of nitrogens with one attached hydrogen (secondary N) is 1. The molecule has 14 heavy (non-hydrogen) atoms. The molecule has 1 aromatic heterocycles. The fourth-order valence-electron chi connectivity index (χ4n) is 2.05. The van der Waals surface area contributed by atoms with E-state index in [0.717, 1.165) is 30.5 Å². The fraction of sp³-hybridized carbons (Fsp3) is 0.455. The van der Waals surface area contributed by atoms with Crippen molar-refractivity contribution in [1.82, 2.24) is 4.98 Å². The van der Waals surface area contributed by atoms with Crippen LogP contribution in [-0.2, 0) is 6.42 Å². The van der Waals surface area contributed by atoms with Crippen LogP contribution in [0.1, 0.15) is 42.5 Å². The molecular weight excluding hydrogens is 176 g/mol. The van der Waals surface area contributed by atoms with Gasteiger partial charge in [-0.2, -0.15) is 5.26 Å². The lowest BCUT2D eigenvalue weighted by molar-refractivity contribution is 0.577. The Morgan fingerprint density at radius 2 is 2.43 bits per heavy atom. The highest BCUT2D eigenvalue weighted by atomic mass is 16.1. The van der Waals surface area contributed by atoms with Crippen molar-refractivity contribution < 1.29 is 0 Å². The Kier molecular flexibility index (Phi) is 2.12. The number of aryl methyl sites for hydroxylation is 1. The highest BCUT2D eigenvalue weighted by molar-refractivity contribution is 5.36. The molecule has 1 heterocycles. The summed E-state index contributed by atoms with van der Waals surface area (Å²) in [6.45, 7) is 2.14. The maximum absolute atomic E-state index is 11.4. The molecule has 1 aliphatic rings. The van der Waals surface area contributed by atoms with Gasteiger partial charge < -0.3 is 4.98 Å². The van der Waals surface area contributed by atoms with Gasteiger partial charge in [-0.05, 0) is 36.8 Å². The summed E-state index contributed by atoms with van der Waals surface area (Å²) < 4.78 is 0. The van der Waals surface area contributed by atoms with Crippen LogP contribution in [0.3, 0.4) is 0 Å². The third-order valence-corrected chi connectivity index (χ3v) is 2.87. The minimum atomic E-state index is -0.250. The first-order chi connectivity index (χ1) is 6.72. The summed E-state index contributed by atoms with van der Waals surface area (Å²) in [5, 5.41) is 8.74. The van der Waals surface area contributed by atoms with E-state index in [1.165, 1.54) is 0 Å². The number of aromatic nitrogens is 1. The summed E-state index contributed by atoms with van der Waals surface area (Å²) in [7, 11) is 0. The van der Waals surface area contributed by atoms with Crippen LogP contribution < -0.4 is 5.56 Å². The summed E-state index contributed by atoms with van der Waals surface area (Å²) in [5.74, 6) is 0.461. The number of nitriles is 1. The number of nitrogens with zero attached hydrogens (tertiary/aromatic N) is 1. The molecule has 1 aliphatic carbocycles. The van der Waals surface area contributed by atoms with Crippen LogP contribution in [0.25, 0.3) is 0 Å². The molecule has 0 fully saturated rings. The lowest BCUT2D eigenvalue weighted by atomic mass is 9.86. The van der Waals surface area contributed by atoms with Crippen LogP contribution in [-0.4, -0.2) is 4.98 Å². The minimum absolute atomic E-state index is 0.234. The number of aromatic amines is 1. The Balaban J connectivity index is 2.62. The Hall–Kier alpha value is -1.56. The maximum Gasteiger partial charge on any atom is 0.266 e. The number of pyridine rings is 1. The van der Waals surface area contributed by atoms with Gasteiger partial charge in [0.25, 0.3) is 5.56 Å². The molecule has 1 N–H and O–H groups in total. The molecule has 3 nitrogen and oxygen atoms in total. The van der Waals surface area contributed by atoms with E-state index in [2.05, 4.69) is 11.9 Å². The monoisotopic (exact) mass is 188 g/mol. The summed E-state index contributed by atoms with van der Waals surface area (Å²) >= 11 is 0. The molecule has 0 aliphatic heterocycles. The quantitative estimate of drug-likeness (QED) is 0.673. The second kappa shape index (κ2) is 3.30. The predicted molar refractivity (Wildman–Crippen MR) is 53.1 cm³/mol. The average molecular weight is 188 g/mol. The van der Waals surface area contributed by atoms with Gasteiger partial charge in [0, 0.05) is 5.69 Å². The second-order valence-electron chi connectivity index (χ2n) is 3.85. The Morgan fingerprint density at radius 1 is 1.64 bits per heavy atom. The number of rotatable bonds is 0. The number of H-pyrrole nitrogens is 1. The standard InChI is InChI=1S/C11H12N2O/c1-7-3-2-4-10-9(7)5-8(6-12)11(14)13-10/h5,7H,2-4H2,1H3,(H,13,14). The molecule has 1 aromatic rings. The highest BCUT2D eigenvalue weighted by Gasteiger charge is 2.18. The molecule has 2 rings (SSSR count). The highest BCUT2D eigenvalue weighted by Crippen LogP contribution is 2.29. The number of fused-ring (bicyclic) bond motifs is 1. The fourth-order valence-corrected chi connectivity index (χ4v) is 2.05. The SMILES string of the molecule is CC1CCCc2[nH]c(=O)c(C#N)cc21. The van der Waals surface area contributed by atoms with Gasteiger partial charge >= 0.3 is 0 Å². The average Bonchev–Trinajstić information content (AvgIpc) is 2.17. The maximum atomic E-state index is 11.4. The molecular formula is C11H12N2O. The molecule has 0 saturated carbocycles. The van der Waals surface area contributed by atoms with Gasteiger partial charge in [-0.15, -0.1) is 0 Å². The van der Waals surface area contributed by atoms with E-state index in [0.29, 0.717) is 5.92 Å². The van der Waals surface area contributed by atoms with Crippen LogP contribution >= 0.6 is 0 Å². The molecule has 0 spiro atoms. The Morgan fingerprint density at radius 3 is 3.14 bits per heavy atom. The van der Waals surface area contributed by atoms with E-state index in [-0.39, 0.29) is 11.1 Å². The first-order valence-corrected chi connectivity index (χ1v) is 4.88. The minimum Gasteiger partial charge on any atom is -0.325 e. The van der Waals surface area contributed by atoms with E-state index in [9.17, 15) is 4.79 Å². The number of hydrogen-bond donors (Lipinski definition) is 1. The van der Waals surface area contributed by atoms with Crippen molar-refractivity contribution in [2.45, 2.75) is 32.1 Å². The zero-order valence-electron chi connectivity index (χ0n) is 8.13. The second-order valence-corrected chi connectivity index (χ2v) is 3.85. The van der Waals surface area contributed by atoms with E-state index < -0.39 is 0 Å². The van der Waals surface area contributed by atoms with Crippen molar-refractivity contribution >= 4 is 0 Å². The van der Waals surface area contributed by atoms with Crippen LogP contribution in [0.15, 0.2) is 10.9 Å². The van der Waals surface area contributed by atoms with Crippen molar-refractivity contribution in [1.29, 1.82) is 5.26 Å². The topological polar surface area (TPSA) is 56.6 Å². The molecule has 0 aromatic carbocycles. The van der Waals surface area contributed by atoms with Crippen molar-refractivity contribution in [3.8, 4) is 6.07 Å². The third kappa shape index (κ3) is 1.33. The van der Waals surface area contributed by atoms with Gasteiger partial charge in [-0.25, -0.2) is 0 Å². The first-order valence-electron chi connectivity index (χ1n) is 4.88. The molecule has 0 amide bonds. The van der Waals surface area contributed by atoms with Crippen LogP contribution in [0.4, 0.5) is 0 Å². The van der Waals surface area contributed by atoms with Crippen LogP contribution in [0.2, 0.25) is 0 Å². The van der Waals surface area contributed by atoms with Crippen molar-refractivity contribution in [3.05, 3.63) is 33.2 Å². The van der Waals surface area contributed by atoms with Gasteiger partial charge in [0.15, 0.2) is 0 Å². The summed E-state index contributed by atoms with van der Waals surface area (Å²) in [5.41, 5.74) is 2.15. The molecule has 0 saturated heterocycles. The molecule has 72 valence electrons. The van der Waals surface area contributed by atoms with Gasteiger partial charge in [-0.3, -0.25) is 4.79 Å². The third-order valence-electron chi connectivity index (χ3n) is 2.87. The zero-order valence-corrected chi connectivity index (χ0v) is 8.13.